The maximum absolute atomic E-state index is 11.7. The Bertz CT molecular complexity index is 610. The Kier molecular flexibility index (Phi) is 6.43. The lowest BCUT2D eigenvalue weighted by molar-refractivity contribution is 0.0523. The fourth-order valence-corrected chi connectivity index (χ4v) is 2.14. The first-order valence-corrected chi connectivity index (χ1v) is 7.79. The first kappa shape index (κ1) is 18.8. The summed E-state index contributed by atoms with van der Waals surface area (Å²) in [5, 5.41) is 13.2. The Morgan fingerprint density at radius 2 is 2.04 bits per heavy atom. The van der Waals surface area contributed by atoms with Crippen molar-refractivity contribution in [1.29, 1.82) is 0 Å². The lowest BCUT2D eigenvalue weighted by atomic mass is 9.96. The van der Waals surface area contributed by atoms with Gasteiger partial charge in [0.25, 0.3) is 0 Å². The third-order valence-corrected chi connectivity index (χ3v) is 3.43. The first-order chi connectivity index (χ1) is 10.7. The van der Waals surface area contributed by atoms with E-state index in [-0.39, 0.29) is 12.3 Å². The average Bonchev–Trinajstić information content (AvgIpc) is 2.46. The molecular weight excluding hydrogens is 290 g/mol. The summed E-state index contributed by atoms with van der Waals surface area (Å²) >= 11 is 0. The Labute approximate surface area is 138 Å². The van der Waals surface area contributed by atoms with Crippen LogP contribution in [0.4, 0.5) is 4.79 Å². The Hall–Kier alpha value is -2.23. The number of carbonyl (C=O) groups excluding carboxylic acids is 1. The van der Waals surface area contributed by atoms with E-state index in [1.54, 1.807) is 32.9 Å². The number of benzene rings is 1. The summed E-state index contributed by atoms with van der Waals surface area (Å²) in [4.78, 5) is 11.7. The van der Waals surface area contributed by atoms with Gasteiger partial charge in [-0.3, -0.25) is 0 Å². The molecule has 23 heavy (non-hydrogen) atoms. The molecule has 126 valence electrons. The second kappa shape index (κ2) is 7.86. The molecule has 1 rings (SSSR count). The number of hydrogen-bond acceptors (Lipinski definition) is 3. The number of amides is 1. The number of rotatable bonds is 5. The average molecular weight is 317 g/mol. The molecule has 0 radical (unpaired) electrons. The topological polar surface area (TPSA) is 58.6 Å². The third kappa shape index (κ3) is 5.47. The molecule has 0 aliphatic carbocycles. The minimum Gasteiger partial charge on any atom is -0.507 e. The standard InChI is InChI=1S/C19H27NO3/c1-7-13(3)15(8-2)16-11-9-10-14(17(16)21)12-20-18(22)23-19(4,5)6/h8-11,21H,2,7,12H2,1,3-6H3,(H,20,22)/b15-13+. The number of hydrogen-bond donors (Lipinski definition) is 2. The third-order valence-electron chi connectivity index (χ3n) is 3.43. The number of carbonyl (C=O) groups is 1. The van der Waals surface area contributed by atoms with Gasteiger partial charge in [-0.2, -0.15) is 0 Å². The van der Waals surface area contributed by atoms with E-state index in [4.69, 9.17) is 4.74 Å². The first-order valence-electron chi connectivity index (χ1n) is 7.79. The second-order valence-corrected chi connectivity index (χ2v) is 6.42. The zero-order chi connectivity index (χ0) is 17.6. The summed E-state index contributed by atoms with van der Waals surface area (Å²) in [6.45, 7) is 13.5. The molecule has 1 aromatic carbocycles. The molecule has 0 aliphatic rings. The number of para-hydroxylation sites is 1. The Balaban J connectivity index is 2.97. The van der Waals surface area contributed by atoms with E-state index in [1.165, 1.54) is 0 Å². The van der Waals surface area contributed by atoms with Crippen molar-refractivity contribution in [2.75, 3.05) is 0 Å². The van der Waals surface area contributed by atoms with Crippen LogP contribution in [-0.4, -0.2) is 16.8 Å². The van der Waals surface area contributed by atoms with E-state index in [1.807, 2.05) is 19.1 Å². The van der Waals surface area contributed by atoms with Gasteiger partial charge in [0.05, 0.1) is 0 Å². The molecule has 0 saturated heterocycles. The van der Waals surface area contributed by atoms with Crippen molar-refractivity contribution < 1.29 is 14.6 Å². The highest BCUT2D eigenvalue weighted by atomic mass is 16.6. The van der Waals surface area contributed by atoms with Crippen LogP contribution in [0.3, 0.4) is 0 Å². The van der Waals surface area contributed by atoms with Crippen LogP contribution in [0, 0.1) is 0 Å². The van der Waals surface area contributed by atoms with Crippen LogP contribution < -0.4 is 5.32 Å². The zero-order valence-corrected chi connectivity index (χ0v) is 14.7. The van der Waals surface area contributed by atoms with Crippen LogP contribution in [0.15, 0.2) is 36.4 Å². The van der Waals surface area contributed by atoms with Gasteiger partial charge in [-0.05, 0) is 39.7 Å². The van der Waals surface area contributed by atoms with Crippen LogP contribution in [0.25, 0.3) is 5.57 Å². The van der Waals surface area contributed by atoms with Crippen molar-refractivity contribution in [2.24, 2.45) is 0 Å². The van der Waals surface area contributed by atoms with E-state index < -0.39 is 11.7 Å². The highest BCUT2D eigenvalue weighted by molar-refractivity contribution is 5.80. The maximum Gasteiger partial charge on any atom is 0.407 e. The lowest BCUT2D eigenvalue weighted by Crippen LogP contribution is -2.32. The van der Waals surface area contributed by atoms with E-state index >= 15 is 0 Å². The molecule has 0 fully saturated rings. The predicted octanol–water partition coefficient (Wildman–Crippen LogP) is 4.79. The van der Waals surface area contributed by atoms with Crippen molar-refractivity contribution >= 4 is 11.7 Å². The van der Waals surface area contributed by atoms with Gasteiger partial charge in [-0.1, -0.05) is 43.4 Å². The molecule has 4 nitrogen and oxygen atoms in total. The monoisotopic (exact) mass is 317 g/mol. The van der Waals surface area contributed by atoms with Gasteiger partial charge in [0.1, 0.15) is 11.4 Å². The molecule has 4 heteroatoms. The van der Waals surface area contributed by atoms with Crippen molar-refractivity contribution in [3.05, 3.63) is 47.6 Å². The van der Waals surface area contributed by atoms with Crippen LogP contribution in [0.1, 0.15) is 52.2 Å². The van der Waals surface area contributed by atoms with Gasteiger partial charge in [0.15, 0.2) is 0 Å². The summed E-state index contributed by atoms with van der Waals surface area (Å²) in [5.74, 6) is 0.159. The molecule has 0 unspecified atom stereocenters. The Morgan fingerprint density at radius 1 is 1.39 bits per heavy atom. The highest BCUT2D eigenvalue weighted by Crippen LogP contribution is 2.32. The van der Waals surface area contributed by atoms with Gasteiger partial charge in [-0.15, -0.1) is 0 Å². The fourth-order valence-electron chi connectivity index (χ4n) is 2.14. The minimum absolute atomic E-state index is 0.159. The number of allylic oxidation sites excluding steroid dienone is 3. The van der Waals surface area contributed by atoms with Gasteiger partial charge in [-0.25, -0.2) is 4.79 Å². The van der Waals surface area contributed by atoms with Crippen molar-refractivity contribution in [3.63, 3.8) is 0 Å². The lowest BCUT2D eigenvalue weighted by Gasteiger charge is -2.20. The fraction of sp³-hybridized carbons (Fsp3) is 0.421. The van der Waals surface area contributed by atoms with Gasteiger partial charge in [0.2, 0.25) is 0 Å². The molecule has 0 atom stereocenters. The predicted molar refractivity (Wildman–Crippen MR) is 94.3 cm³/mol. The summed E-state index contributed by atoms with van der Waals surface area (Å²) in [6.07, 6.45) is 2.12. The number of nitrogens with one attached hydrogen (secondary N) is 1. The minimum atomic E-state index is -0.551. The zero-order valence-electron chi connectivity index (χ0n) is 14.7. The summed E-state index contributed by atoms with van der Waals surface area (Å²) in [7, 11) is 0. The van der Waals surface area contributed by atoms with E-state index in [9.17, 15) is 9.90 Å². The smallest absolute Gasteiger partial charge is 0.407 e. The van der Waals surface area contributed by atoms with Crippen LogP contribution in [0.5, 0.6) is 5.75 Å². The Morgan fingerprint density at radius 3 is 2.57 bits per heavy atom. The summed E-state index contributed by atoms with van der Waals surface area (Å²) in [6, 6.07) is 5.48. The normalized spacial score (nSPS) is 12.4. The molecule has 0 aromatic heterocycles. The number of aromatic hydroxyl groups is 1. The maximum atomic E-state index is 11.7. The highest BCUT2D eigenvalue weighted by Gasteiger charge is 2.17. The molecule has 1 amide bonds. The molecule has 1 aromatic rings. The summed E-state index contributed by atoms with van der Waals surface area (Å²) in [5.41, 5.74) is 2.88. The largest absolute Gasteiger partial charge is 0.507 e. The molecule has 2 N–H and O–H groups in total. The van der Waals surface area contributed by atoms with Gasteiger partial charge >= 0.3 is 6.09 Å². The molecular formula is C19H27NO3. The van der Waals surface area contributed by atoms with Crippen molar-refractivity contribution in [2.45, 2.75) is 53.2 Å². The van der Waals surface area contributed by atoms with Gasteiger partial charge in [0, 0.05) is 17.7 Å². The number of phenolic OH excluding ortho intramolecular Hbond substituents is 1. The quantitative estimate of drug-likeness (QED) is 0.768. The van der Waals surface area contributed by atoms with Gasteiger partial charge < -0.3 is 15.2 Å². The van der Waals surface area contributed by atoms with E-state index in [0.29, 0.717) is 5.56 Å². The second-order valence-electron chi connectivity index (χ2n) is 6.42. The van der Waals surface area contributed by atoms with Crippen LogP contribution in [-0.2, 0) is 11.3 Å². The molecule has 0 bridgehead atoms. The number of alkyl carbamates (subject to hydrolysis) is 1. The number of ether oxygens (including phenoxy) is 1. The van der Waals surface area contributed by atoms with Crippen molar-refractivity contribution in [3.8, 4) is 5.75 Å². The van der Waals surface area contributed by atoms with E-state index in [2.05, 4.69) is 18.8 Å². The molecule has 0 aliphatic heterocycles. The van der Waals surface area contributed by atoms with Crippen LogP contribution >= 0.6 is 0 Å². The molecule has 0 spiro atoms. The number of phenols is 1. The molecule has 0 saturated carbocycles. The summed E-state index contributed by atoms with van der Waals surface area (Å²) < 4.78 is 5.20. The van der Waals surface area contributed by atoms with Crippen LogP contribution in [0.2, 0.25) is 0 Å². The van der Waals surface area contributed by atoms with E-state index in [0.717, 1.165) is 23.1 Å². The van der Waals surface area contributed by atoms with Crippen molar-refractivity contribution in [1.82, 2.24) is 5.32 Å². The SMILES string of the molecule is C=C/C(=C(/C)CC)c1cccc(CNC(=O)OC(C)(C)C)c1O. The molecule has 0 heterocycles.